The van der Waals surface area contributed by atoms with Crippen LogP contribution >= 0.6 is 0 Å². The minimum atomic E-state index is -0.264. The second kappa shape index (κ2) is 7.21. The number of ether oxygens (including phenoxy) is 1. The van der Waals surface area contributed by atoms with E-state index in [1.807, 2.05) is 12.1 Å². The maximum atomic E-state index is 12.4. The maximum absolute atomic E-state index is 12.4. The molecule has 0 atom stereocenters. The average Bonchev–Trinajstić information content (AvgIpc) is 3.31. The highest BCUT2D eigenvalue weighted by Gasteiger charge is 2.34. The minimum Gasteiger partial charge on any atom is -0.495 e. The van der Waals surface area contributed by atoms with E-state index in [1.165, 1.54) is 0 Å². The summed E-state index contributed by atoms with van der Waals surface area (Å²) in [6.45, 7) is 0.274. The average molecular weight is 328 g/mol. The van der Waals surface area contributed by atoms with Gasteiger partial charge in [0, 0.05) is 5.92 Å². The summed E-state index contributed by atoms with van der Waals surface area (Å²) in [7, 11) is 1.55. The molecule has 126 valence electrons. The number of hydrogen-bond acceptors (Lipinski definition) is 4. The molecule has 0 saturated heterocycles. The summed E-state index contributed by atoms with van der Waals surface area (Å²) in [5.74, 6) is 1.02. The molecule has 0 unspecified atom stereocenters. The fourth-order valence-electron chi connectivity index (χ4n) is 2.50. The Hall–Kier alpha value is -2.76. The van der Waals surface area contributed by atoms with Gasteiger partial charge in [-0.1, -0.05) is 12.1 Å². The lowest BCUT2D eigenvalue weighted by Gasteiger charge is -2.21. The van der Waals surface area contributed by atoms with Crippen molar-refractivity contribution in [1.82, 2.24) is 4.90 Å². The molecule has 0 bridgehead atoms. The molecule has 1 heterocycles. The van der Waals surface area contributed by atoms with Crippen molar-refractivity contribution in [2.75, 3.05) is 19.0 Å². The molecule has 1 fully saturated rings. The van der Waals surface area contributed by atoms with Gasteiger partial charge in [0.25, 0.3) is 0 Å². The molecular weight excluding hydrogens is 308 g/mol. The Morgan fingerprint density at radius 3 is 2.71 bits per heavy atom. The Balaban J connectivity index is 1.67. The quantitative estimate of drug-likeness (QED) is 0.848. The van der Waals surface area contributed by atoms with Crippen molar-refractivity contribution in [1.29, 1.82) is 0 Å². The first-order valence-corrected chi connectivity index (χ1v) is 7.91. The number of amides is 2. The van der Waals surface area contributed by atoms with Crippen LogP contribution in [0.15, 0.2) is 47.1 Å². The first kappa shape index (κ1) is 16.1. The third-order valence-corrected chi connectivity index (χ3v) is 3.88. The predicted molar refractivity (Wildman–Crippen MR) is 88.5 cm³/mol. The Labute approximate surface area is 140 Å². The zero-order valence-electron chi connectivity index (χ0n) is 13.5. The number of rotatable bonds is 7. The van der Waals surface area contributed by atoms with Gasteiger partial charge in [0.2, 0.25) is 11.8 Å². The molecule has 0 radical (unpaired) electrons. The lowest BCUT2D eigenvalue weighted by molar-refractivity contribution is -0.136. The number of anilines is 1. The van der Waals surface area contributed by atoms with Crippen LogP contribution < -0.4 is 10.1 Å². The molecule has 1 aromatic heterocycles. The number of carbonyl (C=O) groups is 2. The fourth-order valence-corrected chi connectivity index (χ4v) is 2.50. The van der Waals surface area contributed by atoms with E-state index in [-0.39, 0.29) is 24.3 Å². The molecule has 1 saturated carbocycles. The van der Waals surface area contributed by atoms with Crippen molar-refractivity contribution in [3.05, 3.63) is 48.4 Å². The molecule has 2 amide bonds. The van der Waals surface area contributed by atoms with Gasteiger partial charge in [-0.3, -0.25) is 9.59 Å². The Morgan fingerprint density at radius 1 is 1.25 bits per heavy atom. The topological polar surface area (TPSA) is 71.8 Å². The van der Waals surface area contributed by atoms with Gasteiger partial charge in [-0.25, -0.2) is 0 Å². The van der Waals surface area contributed by atoms with E-state index < -0.39 is 0 Å². The Bertz CT molecular complexity index is 708. The first-order chi connectivity index (χ1) is 11.7. The summed E-state index contributed by atoms with van der Waals surface area (Å²) in [6.07, 6.45) is 3.34. The molecule has 1 aliphatic carbocycles. The lowest BCUT2D eigenvalue weighted by Crippen LogP contribution is -2.38. The lowest BCUT2D eigenvalue weighted by atomic mass is 10.2. The maximum Gasteiger partial charge on any atom is 0.244 e. The monoisotopic (exact) mass is 328 g/mol. The van der Waals surface area contributed by atoms with Crippen LogP contribution in [0, 0.1) is 5.92 Å². The van der Waals surface area contributed by atoms with E-state index in [0.29, 0.717) is 23.7 Å². The zero-order chi connectivity index (χ0) is 16.9. The second-order valence-electron chi connectivity index (χ2n) is 5.80. The van der Waals surface area contributed by atoms with Crippen molar-refractivity contribution in [3.8, 4) is 5.75 Å². The SMILES string of the molecule is COc1ccccc1NC(=O)CN(Cc1ccco1)C(=O)C1CC1. The summed E-state index contributed by atoms with van der Waals surface area (Å²) in [5, 5.41) is 2.80. The van der Waals surface area contributed by atoms with Gasteiger partial charge >= 0.3 is 0 Å². The number of nitrogens with one attached hydrogen (secondary N) is 1. The van der Waals surface area contributed by atoms with Crippen LogP contribution in [0.4, 0.5) is 5.69 Å². The molecule has 1 N–H and O–H groups in total. The predicted octanol–water partition coefficient (Wildman–Crippen LogP) is 2.67. The van der Waals surface area contributed by atoms with E-state index >= 15 is 0 Å². The van der Waals surface area contributed by atoms with Crippen molar-refractivity contribution in [3.63, 3.8) is 0 Å². The molecule has 24 heavy (non-hydrogen) atoms. The van der Waals surface area contributed by atoms with Crippen LogP contribution in [0.1, 0.15) is 18.6 Å². The second-order valence-corrected chi connectivity index (χ2v) is 5.80. The van der Waals surface area contributed by atoms with E-state index in [9.17, 15) is 9.59 Å². The van der Waals surface area contributed by atoms with Crippen molar-refractivity contribution >= 4 is 17.5 Å². The highest BCUT2D eigenvalue weighted by Crippen LogP contribution is 2.31. The van der Waals surface area contributed by atoms with Gasteiger partial charge in [0.1, 0.15) is 18.1 Å². The molecule has 6 nitrogen and oxygen atoms in total. The van der Waals surface area contributed by atoms with Gasteiger partial charge in [-0.05, 0) is 37.1 Å². The van der Waals surface area contributed by atoms with Gasteiger partial charge in [0.15, 0.2) is 0 Å². The largest absolute Gasteiger partial charge is 0.495 e. The summed E-state index contributed by atoms with van der Waals surface area (Å²) >= 11 is 0. The molecule has 0 aliphatic heterocycles. The molecule has 6 heteroatoms. The molecule has 1 aromatic carbocycles. The number of nitrogens with zero attached hydrogens (tertiary/aromatic N) is 1. The number of benzene rings is 1. The van der Waals surface area contributed by atoms with Crippen LogP contribution in [-0.2, 0) is 16.1 Å². The van der Waals surface area contributed by atoms with E-state index in [2.05, 4.69) is 5.32 Å². The molecule has 3 rings (SSSR count). The number of methoxy groups -OCH3 is 1. The molecule has 1 aliphatic rings. The summed E-state index contributed by atoms with van der Waals surface area (Å²) in [5.41, 5.74) is 0.585. The normalized spacial score (nSPS) is 13.4. The molecular formula is C18H20N2O4. The van der Waals surface area contributed by atoms with E-state index in [4.69, 9.17) is 9.15 Å². The van der Waals surface area contributed by atoms with Crippen LogP contribution in [0.5, 0.6) is 5.75 Å². The highest BCUT2D eigenvalue weighted by molar-refractivity contribution is 5.96. The number of para-hydroxylation sites is 2. The van der Waals surface area contributed by atoms with E-state index in [1.54, 1.807) is 42.5 Å². The van der Waals surface area contributed by atoms with E-state index in [0.717, 1.165) is 12.8 Å². The van der Waals surface area contributed by atoms with Gasteiger partial charge in [0.05, 0.1) is 25.6 Å². The van der Waals surface area contributed by atoms with Gasteiger partial charge in [-0.15, -0.1) is 0 Å². The first-order valence-electron chi connectivity index (χ1n) is 7.91. The minimum absolute atomic E-state index is 0.00146. The smallest absolute Gasteiger partial charge is 0.244 e. The number of carbonyl (C=O) groups excluding carboxylic acids is 2. The molecule has 0 spiro atoms. The highest BCUT2D eigenvalue weighted by atomic mass is 16.5. The van der Waals surface area contributed by atoms with Crippen LogP contribution in [-0.4, -0.2) is 30.4 Å². The number of hydrogen-bond donors (Lipinski definition) is 1. The van der Waals surface area contributed by atoms with Crippen molar-refractivity contribution < 1.29 is 18.7 Å². The Kier molecular flexibility index (Phi) is 4.84. The zero-order valence-corrected chi connectivity index (χ0v) is 13.5. The standard InChI is InChI=1S/C18H20N2O4/c1-23-16-7-3-2-6-15(16)19-17(21)12-20(18(22)13-8-9-13)11-14-5-4-10-24-14/h2-7,10,13H,8-9,11-12H2,1H3,(H,19,21). The fraction of sp³-hybridized carbons (Fsp3) is 0.333. The van der Waals surface area contributed by atoms with Gasteiger partial charge < -0.3 is 19.4 Å². The summed E-state index contributed by atoms with van der Waals surface area (Å²) in [6, 6.07) is 10.7. The number of furan rings is 1. The third-order valence-electron chi connectivity index (χ3n) is 3.88. The van der Waals surface area contributed by atoms with Gasteiger partial charge in [-0.2, -0.15) is 0 Å². The van der Waals surface area contributed by atoms with Crippen molar-refractivity contribution in [2.45, 2.75) is 19.4 Å². The van der Waals surface area contributed by atoms with Crippen LogP contribution in [0.3, 0.4) is 0 Å². The third kappa shape index (κ3) is 3.95. The van der Waals surface area contributed by atoms with Crippen LogP contribution in [0.2, 0.25) is 0 Å². The molecule has 2 aromatic rings. The Morgan fingerprint density at radius 2 is 2.04 bits per heavy atom. The summed E-state index contributed by atoms with van der Waals surface area (Å²) in [4.78, 5) is 26.3. The van der Waals surface area contributed by atoms with Crippen LogP contribution in [0.25, 0.3) is 0 Å². The van der Waals surface area contributed by atoms with Crippen molar-refractivity contribution in [2.24, 2.45) is 5.92 Å². The summed E-state index contributed by atoms with van der Waals surface area (Å²) < 4.78 is 10.5.